The van der Waals surface area contributed by atoms with E-state index in [0.717, 1.165) is 28.9 Å². The second-order valence-corrected chi connectivity index (χ2v) is 5.99. The molecule has 0 aliphatic rings. The first-order chi connectivity index (χ1) is 10.6. The number of nitrogens with zero attached hydrogens (tertiary/aromatic N) is 2. The Morgan fingerprint density at radius 2 is 1.82 bits per heavy atom. The second-order valence-electron chi connectivity index (χ2n) is 5.99. The van der Waals surface area contributed by atoms with Crippen LogP contribution in [-0.2, 0) is 6.42 Å². The summed E-state index contributed by atoms with van der Waals surface area (Å²) in [6, 6.07) is 7.68. The van der Waals surface area contributed by atoms with Crippen molar-refractivity contribution in [1.29, 1.82) is 0 Å². The minimum Gasteiger partial charge on any atom is -0.267 e. The predicted molar refractivity (Wildman–Crippen MR) is 90.5 cm³/mol. The van der Waals surface area contributed by atoms with Crippen molar-refractivity contribution in [3.05, 3.63) is 52.3 Å². The molecule has 0 aliphatic carbocycles. The summed E-state index contributed by atoms with van der Waals surface area (Å²) in [6.07, 6.45) is 5.93. The van der Waals surface area contributed by atoms with Crippen molar-refractivity contribution < 1.29 is 4.79 Å². The lowest BCUT2D eigenvalue weighted by atomic mass is 10.0. The summed E-state index contributed by atoms with van der Waals surface area (Å²) in [5, 5.41) is 4.49. The Balaban J connectivity index is 2.22. The van der Waals surface area contributed by atoms with Crippen LogP contribution < -0.4 is 0 Å². The lowest BCUT2D eigenvalue weighted by Crippen LogP contribution is -2.16. The zero-order valence-corrected chi connectivity index (χ0v) is 14.1. The number of carbonyl (C=O) groups is 1. The molecule has 0 atom stereocenters. The smallest absolute Gasteiger partial charge is 0.267 e. The Morgan fingerprint density at radius 1 is 1.09 bits per heavy atom. The molecular formula is C19H26N2O. The molecule has 0 aliphatic heterocycles. The lowest BCUT2D eigenvalue weighted by molar-refractivity contribution is 0.0941. The Kier molecular flexibility index (Phi) is 5.53. The molecule has 1 aromatic heterocycles. The quantitative estimate of drug-likeness (QED) is 0.729. The highest BCUT2D eigenvalue weighted by molar-refractivity contribution is 5.97. The molecule has 1 heterocycles. The van der Waals surface area contributed by atoms with E-state index in [1.54, 1.807) is 4.68 Å². The summed E-state index contributed by atoms with van der Waals surface area (Å²) in [4.78, 5) is 12.7. The van der Waals surface area contributed by atoms with Gasteiger partial charge in [-0.3, -0.25) is 4.79 Å². The van der Waals surface area contributed by atoms with Crippen molar-refractivity contribution in [2.75, 3.05) is 0 Å². The minimum absolute atomic E-state index is 0.0292. The Bertz CT molecular complexity index is 655. The molecule has 22 heavy (non-hydrogen) atoms. The topological polar surface area (TPSA) is 34.9 Å². The molecule has 2 rings (SSSR count). The molecule has 0 amide bonds. The SMILES string of the molecule is CCCCCCc1c(C)nn(C(=O)c2ccccc2C)c1C. The zero-order valence-electron chi connectivity index (χ0n) is 14.1. The van der Waals surface area contributed by atoms with E-state index in [4.69, 9.17) is 0 Å². The van der Waals surface area contributed by atoms with Gasteiger partial charge < -0.3 is 0 Å². The van der Waals surface area contributed by atoms with E-state index >= 15 is 0 Å². The molecule has 0 fully saturated rings. The maximum atomic E-state index is 12.7. The number of carbonyl (C=O) groups excluding carboxylic acids is 1. The predicted octanol–water partition coefficient (Wildman–Crippen LogP) is 4.62. The van der Waals surface area contributed by atoms with E-state index in [1.807, 2.05) is 45.0 Å². The van der Waals surface area contributed by atoms with Crippen molar-refractivity contribution in [3.63, 3.8) is 0 Å². The molecule has 0 saturated carbocycles. The van der Waals surface area contributed by atoms with E-state index in [9.17, 15) is 4.79 Å². The van der Waals surface area contributed by atoms with Crippen LogP contribution in [0.5, 0.6) is 0 Å². The fraction of sp³-hybridized carbons (Fsp3) is 0.474. The van der Waals surface area contributed by atoms with Crippen molar-refractivity contribution >= 4 is 5.91 Å². The molecular weight excluding hydrogens is 272 g/mol. The number of aryl methyl sites for hydroxylation is 2. The molecule has 0 spiro atoms. The van der Waals surface area contributed by atoms with E-state index < -0.39 is 0 Å². The number of hydrogen-bond donors (Lipinski definition) is 0. The first kappa shape index (κ1) is 16.5. The Morgan fingerprint density at radius 3 is 2.50 bits per heavy atom. The van der Waals surface area contributed by atoms with Gasteiger partial charge >= 0.3 is 0 Å². The monoisotopic (exact) mass is 298 g/mol. The molecule has 0 unspecified atom stereocenters. The molecule has 3 nitrogen and oxygen atoms in total. The number of rotatable bonds is 6. The van der Waals surface area contributed by atoms with E-state index in [2.05, 4.69) is 12.0 Å². The van der Waals surface area contributed by atoms with Crippen molar-refractivity contribution in [3.8, 4) is 0 Å². The standard InChI is InChI=1S/C19H26N2O/c1-5-6-7-8-13-18-15(3)20-21(16(18)4)19(22)17-12-10-9-11-14(17)2/h9-12H,5-8,13H2,1-4H3. The highest BCUT2D eigenvalue weighted by Crippen LogP contribution is 2.19. The molecule has 2 aromatic rings. The summed E-state index contributed by atoms with van der Waals surface area (Å²) in [7, 11) is 0. The lowest BCUT2D eigenvalue weighted by Gasteiger charge is -2.07. The maximum Gasteiger partial charge on any atom is 0.278 e. The van der Waals surface area contributed by atoms with Crippen LogP contribution in [0.2, 0.25) is 0 Å². The number of aromatic nitrogens is 2. The van der Waals surface area contributed by atoms with Crippen LogP contribution in [0.4, 0.5) is 0 Å². The van der Waals surface area contributed by atoms with Gasteiger partial charge in [-0.05, 0) is 50.8 Å². The molecule has 0 N–H and O–H groups in total. The van der Waals surface area contributed by atoms with Crippen molar-refractivity contribution in [2.45, 2.75) is 59.8 Å². The largest absolute Gasteiger partial charge is 0.278 e. The number of benzene rings is 1. The van der Waals surface area contributed by atoms with Gasteiger partial charge in [-0.15, -0.1) is 0 Å². The van der Waals surface area contributed by atoms with E-state index in [-0.39, 0.29) is 5.91 Å². The molecule has 3 heteroatoms. The van der Waals surface area contributed by atoms with Gasteiger partial charge in [0.05, 0.1) is 5.69 Å². The summed E-state index contributed by atoms with van der Waals surface area (Å²) >= 11 is 0. The van der Waals surface area contributed by atoms with Gasteiger partial charge in [-0.1, -0.05) is 44.4 Å². The zero-order chi connectivity index (χ0) is 16.1. The third kappa shape index (κ3) is 3.46. The van der Waals surface area contributed by atoms with E-state index in [0.29, 0.717) is 0 Å². The average Bonchev–Trinajstić information content (AvgIpc) is 2.79. The summed E-state index contributed by atoms with van der Waals surface area (Å²) in [6.45, 7) is 8.19. The van der Waals surface area contributed by atoms with Crippen LogP contribution in [0, 0.1) is 20.8 Å². The molecule has 0 saturated heterocycles. The van der Waals surface area contributed by atoms with Gasteiger partial charge in [-0.25, -0.2) is 4.68 Å². The number of unbranched alkanes of at least 4 members (excludes halogenated alkanes) is 3. The second kappa shape index (κ2) is 7.39. The van der Waals surface area contributed by atoms with Crippen LogP contribution in [0.3, 0.4) is 0 Å². The molecule has 0 bridgehead atoms. The summed E-state index contributed by atoms with van der Waals surface area (Å²) < 4.78 is 1.58. The molecule has 118 valence electrons. The highest BCUT2D eigenvalue weighted by Gasteiger charge is 2.18. The highest BCUT2D eigenvalue weighted by atomic mass is 16.2. The van der Waals surface area contributed by atoms with Gasteiger partial charge in [0.1, 0.15) is 0 Å². The average molecular weight is 298 g/mol. The van der Waals surface area contributed by atoms with Gasteiger partial charge in [-0.2, -0.15) is 5.10 Å². The third-order valence-electron chi connectivity index (χ3n) is 4.29. The number of hydrogen-bond acceptors (Lipinski definition) is 2. The fourth-order valence-electron chi connectivity index (χ4n) is 2.89. The van der Waals surface area contributed by atoms with Crippen LogP contribution in [0.25, 0.3) is 0 Å². The maximum absolute atomic E-state index is 12.7. The van der Waals surface area contributed by atoms with Gasteiger partial charge in [0.15, 0.2) is 0 Å². The fourth-order valence-corrected chi connectivity index (χ4v) is 2.89. The van der Waals surface area contributed by atoms with Crippen molar-refractivity contribution in [2.24, 2.45) is 0 Å². The third-order valence-corrected chi connectivity index (χ3v) is 4.29. The minimum atomic E-state index is -0.0292. The van der Waals surface area contributed by atoms with Crippen LogP contribution in [-0.4, -0.2) is 15.7 Å². The first-order valence-electron chi connectivity index (χ1n) is 8.21. The Labute approximate surface area is 133 Å². The Hall–Kier alpha value is -1.90. The van der Waals surface area contributed by atoms with Gasteiger partial charge in [0, 0.05) is 11.3 Å². The summed E-state index contributed by atoms with van der Waals surface area (Å²) in [5.41, 5.74) is 4.92. The van der Waals surface area contributed by atoms with Crippen LogP contribution in [0.15, 0.2) is 24.3 Å². The molecule has 0 radical (unpaired) electrons. The van der Waals surface area contributed by atoms with Gasteiger partial charge in [0.2, 0.25) is 0 Å². The first-order valence-corrected chi connectivity index (χ1v) is 8.21. The van der Waals surface area contributed by atoms with Crippen molar-refractivity contribution in [1.82, 2.24) is 9.78 Å². The van der Waals surface area contributed by atoms with E-state index in [1.165, 1.54) is 31.2 Å². The van der Waals surface area contributed by atoms with Crippen LogP contribution >= 0.6 is 0 Å². The normalized spacial score (nSPS) is 10.9. The van der Waals surface area contributed by atoms with Crippen LogP contribution in [0.1, 0.15) is 65.5 Å². The summed E-state index contributed by atoms with van der Waals surface area (Å²) in [5.74, 6) is -0.0292. The molecule has 1 aromatic carbocycles. The van der Waals surface area contributed by atoms with Gasteiger partial charge in [0.25, 0.3) is 5.91 Å².